The van der Waals surface area contributed by atoms with Crippen LogP contribution in [0, 0.1) is 27.7 Å². The molecule has 0 spiro atoms. The third kappa shape index (κ3) is 12.3. The van der Waals surface area contributed by atoms with Gasteiger partial charge < -0.3 is 44.3 Å². The number of hydrogen-bond donors (Lipinski definition) is 5. The third-order valence-corrected chi connectivity index (χ3v) is 14.0. The van der Waals surface area contributed by atoms with Gasteiger partial charge in [-0.1, -0.05) is 10.3 Å². The van der Waals surface area contributed by atoms with Crippen molar-refractivity contribution in [3.05, 3.63) is 70.7 Å². The van der Waals surface area contributed by atoms with Crippen LogP contribution in [0.3, 0.4) is 0 Å². The van der Waals surface area contributed by atoms with Crippen LogP contribution in [0.15, 0.2) is 45.7 Å². The van der Waals surface area contributed by atoms with E-state index in [2.05, 4.69) is 61.2 Å². The normalized spacial score (nSPS) is 20.1. The molecule has 430 valence electrons. The van der Waals surface area contributed by atoms with E-state index in [9.17, 15) is 41.4 Å². The number of carbonyl (C=O) groups is 1. The van der Waals surface area contributed by atoms with Crippen molar-refractivity contribution in [3.63, 3.8) is 0 Å². The average molecular weight is 1130 g/mol. The van der Waals surface area contributed by atoms with Gasteiger partial charge in [0, 0.05) is 48.4 Å². The highest BCUT2D eigenvalue weighted by atomic mass is 19.4. The van der Waals surface area contributed by atoms with Gasteiger partial charge in [-0.2, -0.15) is 36.5 Å². The fourth-order valence-corrected chi connectivity index (χ4v) is 10.4. The number of rotatable bonds is 9. The summed E-state index contributed by atoms with van der Waals surface area (Å²) >= 11 is 0. The minimum Gasteiger partial charge on any atom is -0.444 e. The number of likely N-dealkylation sites (tertiary alicyclic amines) is 1. The molecule has 0 bridgehead atoms. The summed E-state index contributed by atoms with van der Waals surface area (Å²) in [6.07, 6.45) is -5.16. The molecule has 1 aliphatic carbocycles. The van der Waals surface area contributed by atoms with Crippen LogP contribution in [0.2, 0.25) is 0 Å². The molecule has 3 fully saturated rings. The van der Waals surface area contributed by atoms with Crippen LogP contribution >= 0.6 is 0 Å². The number of alkyl halides is 6. The van der Waals surface area contributed by atoms with Crippen LogP contribution in [0.1, 0.15) is 112 Å². The van der Waals surface area contributed by atoms with Gasteiger partial charge in [-0.05, 0) is 124 Å². The van der Waals surface area contributed by atoms with E-state index in [1.165, 1.54) is 9.58 Å². The van der Waals surface area contributed by atoms with Crippen molar-refractivity contribution >= 4 is 40.1 Å². The predicted molar refractivity (Wildman–Crippen MR) is 280 cm³/mol. The summed E-state index contributed by atoms with van der Waals surface area (Å²) in [5.74, 6) is 1.08. The molecule has 28 heteroatoms. The van der Waals surface area contributed by atoms with Crippen LogP contribution < -0.4 is 10.6 Å². The number of β-amino-alcohol motifs (C(OH)–C–C–N with tert-alkyl or cyclic N) is 1. The van der Waals surface area contributed by atoms with Gasteiger partial charge in [0.25, 0.3) is 0 Å². The number of aromatic nitrogens is 12. The highest BCUT2D eigenvalue weighted by molar-refractivity contribution is 5.93. The summed E-state index contributed by atoms with van der Waals surface area (Å²) in [7, 11) is 0. The molecular formula is C53H59F6N15O7. The Morgan fingerprint density at radius 3 is 1.90 bits per heavy atom. The molecular weight excluding hydrogens is 1070 g/mol. The van der Waals surface area contributed by atoms with E-state index in [-0.39, 0.29) is 60.2 Å². The number of pyridine rings is 2. The highest BCUT2D eigenvalue weighted by Gasteiger charge is 2.40. The van der Waals surface area contributed by atoms with Crippen LogP contribution in [0.4, 0.5) is 43.0 Å². The van der Waals surface area contributed by atoms with Crippen molar-refractivity contribution in [2.45, 2.75) is 148 Å². The zero-order valence-corrected chi connectivity index (χ0v) is 45.2. The van der Waals surface area contributed by atoms with Crippen LogP contribution in [0.5, 0.6) is 0 Å². The maximum Gasteiger partial charge on any atom is 0.420 e. The Labute approximate surface area is 458 Å². The smallest absolute Gasteiger partial charge is 0.420 e. The summed E-state index contributed by atoms with van der Waals surface area (Å²) < 4.78 is 108. The van der Waals surface area contributed by atoms with Crippen molar-refractivity contribution in [2.24, 2.45) is 0 Å². The number of amides is 1. The van der Waals surface area contributed by atoms with Gasteiger partial charge in [-0.3, -0.25) is 5.10 Å². The van der Waals surface area contributed by atoms with Crippen LogP contribution in [-0.4, -0.2) is 131 Å². The number of aliphatic hydroxyl groups excluding tert-OH is 2. The lowest BCUT2D eigenvalue weighted by Gasteiger charge is -2.36. The fraction of sp³-hybridized carbons (Fsp3) is 0.491. The number of halogens is 6. The first kappa shape index (κ1) is 56.4. The van der Waals surface area contributed by atoms with Crippen LogP contribution in [0.25, 0.3) is 67.4 Å². The van der Waals surface area contributed by atoms with E-state index < -0.39 is 65.3 Å². The van der Waals surface area contributed by atoms with Gasteiger partial charge in [0.15, 0.2) is 17.5 Å². The molecule has 22 nitrogen and oxygen atoms in total. The van der Waals surface area contributed by atoms with E-state index >= 15 is 0 Å². The number of aryl methyl sites for hydroxylation is 4. The number of nitrogens with one attached hydrogen (secondary N) is 3. The number of aliphatic hydroxyl groups is 2. The number of hydrogen-bond acceptors (Lipinski definition) is 19. The van der Waals surface area contributed by atoms with Gasteiger partial charge in [0.1, 0.15) is 45.3 Å². The first-order chi connectivity index (χ1) is 38.4. The molecule has 1 unspecified atom stereocenters. The Hall–Kier alpha value is -7.85. The monoisotopic (exact) mass is 1130 g/mol. The lowest BCUT2D eigenvalue weighted by atomic mass is 9.93. The molecule has 5 N–H and O–H groups in total. The van der Waals surface area contributed by atoms with Crippen molar-refractivity contribution in [3.8, 4) is 45.3 Å². The minimum atomic E-state index is -4.80. The SMILES string of the molecule is Cc1noc(C)c1-c1ccc2c(-c3nc(N[C@@H]4CCC[C@H](O)C4)ncc3C(F)(F)F)[nH]nc2n1.Cc1noc(C)c1-c1ccc2c(-c3nc(N[C@H]4C[C@@H](O)CN(C(=O)OC(C)(C)C)C4)ncc3C(F)(F)F)nn(C3CCCCO3)c2n1. The van der Waals surface area contributed by atoms with E-state index in [0.717, 1.165) is 31.9 Å². The molecule has 5 atom stereocenters. The quantitative estimate of drug-likeness (QED) is 0.0840. The Balaban J connectivity index is 0.000000191. The van der Waals surface area contributed by atoms with E-state index in [4.69, 9.17) is 23.5 Å². The largest absolute Gasteiger partial charge is 0.444 e. The number of aromatic amines is 1. The standard InChI is InChI=1S/C31H37F3N8O5.C22H22F3N7O2/c1-16-24(17(2)47-40-16)22-10-9-20-25(39-42(27(20)37-22)23-8-6-7-11-45-23)26-21(31(32,33)34)13-35-28(38-26)36-18-12-19(43)15-41(14-18)29(44)46-30(3,4)5;1-10-17(11(2)34-32-10)16-7-6-14-18(30-31-20(14)28-16)19-15(22(23,24)25)9-26-21(29-19)27-12-4-3-5-13(33)8-12/h9-10,13,18-19,23,43H,6-8,11-12,14-15H2,1-5H3,(H,35,36,38);6-7,9,12-13,33H,3-5,8H2,1-2H3,(H,26,27,29)(H,28,30,31)/t18-,19+,23?;12-,13+/m01/s1. The second-order valence-electron chi connectivity index (χ2n) is 21.4. The number of fused-ring (bicyclic) bond motifs is 2. The summed E-state index contributed by atoms with van der Waals surface area (Å²) in [5, 5.41) is 46.6. The number of H-pyrrole nitrogens is 1. The molecule has 2 saturated heterocycles. The molecule has 3 aliphatic rings. The van der Waals surface area contributed by atoms with Crippen molar-refractivity contribution in [2.75, 3.05) is 30.3 Å². The Bertz CT molecular complexity index is 3550. The van der Waals surface area contributed by atoms with E-state index in [0.29, 0.717) is 93.9 Å². The fourth-order valence-electron chi connectivity index (χ4n) is 10.4. The second kappa shape index (κ2) is 22.2. The lowest BCUT2D eigenvalue weighted by Crippen LogP contribution is -2.52. The molecule has 1 saturated carbocycles. The zero-order chi connectivity index (χ0) is 57.7. The Morgan fingerprint density at radius 2 is 1.31 bits per heavy atom. The zero-order valence-electron chi connectivity index (χ0n) is 45.2. The summed E-state index contributed by atoms with van der Waals surface area (Å²) in [5.41, 5.74) is 0.811. The Morgan fingerprint density at radius 1 is 0.704 bits per heavy atom. The van der Waals surface area contributed by atoms with Crippen molar-refractivity contribution < 1.29 is 59.9 Å². The van der Waals surface area contributed by atoms with E-state index in [1.54, 1.807) is 72.7 Å². The first-order valence-electron chi connectivity index (χ1n) is 26.4. The first-order valence-corrected chi connectivity index (χ1v) is 26.4. The lowest BCUT2D eigenvalue weighted by molar-refractivity contribution is -0.138. The summed E-state index contributed by atoms with van der Waals surface area (Å²) in [6, 6.07) is 6.00. The minimum absolute atomic E-state index is 0.0381. The summed E-state index contributed by atoms with van der Waals surface area (Å²) in [6.45, 7) is 12.9. The van der Waals surface area contributed by atoms with Crippen LogP contribution in [-0.2, 0) is 21.8 Å². The molecule has 8 aromatic rings. The van der Waals surface area contributed by atoms with Gasteiger partial charge >= 0.3 is 18.4 Å². The van der Waals surface area contributed by atoms with Gasteiger partial charge in [0.2, 0.25) is 11.9 Å². The van der Waals surface area contributed by atoms with Gasteiger partial charge in [-0.25, -0.2) is 39.4 Å². The van der Waals surface area contributed by atoms with Crippen molar-refractivity contribution in [1.29, 1.82) is 0 Å². The molecule has 2 aliphatic heterocycles. The average Bonchev–Trinajstić information content (AvgIpc) is 4.34. The second-order valence-corrected chi connectivity index (χ2v) is 21.4. The molecule has 11 rings (SSSR count). The topological polar surface area (TPSA) is 279 Å². The number of anilines is 2. The predicted octanol–water partition coefficient (Wildman–Crippen LogP) is 10.1. The maximum absolute atomic E-state index is 14.5. The molecule has 8 aromatic heterocycles. The Kier molecular flexibility index (Phi) is 15.5. The number of nitrogens with zero attached hydrogens (tertiary/aromatic N) is 12. The van der Waals surface area contributed by atoms with Gasteiger partial charge in [0.05, 0.1) is 58.3 Å². The third-order valence-electron chi connectivity index (χ3n) is 14.0. The molecule has 1 amide bonds. The van der Waals surface area contributed by atoms with E-state index in [1.807, 2.05) is 0 Å². The summed E-state index contributed by atoms with van der Waals surface area (Å²) in [4.78, 5) is 39.8. The molecule has 0 radical (unpaired) electrons. The highest BCUT2D eigenvalue weighted by Crippen LogP contribution is 2.42. The van der Waals surface area contributed by atoms with Crippen molar-refractivity contribution in [1.82, 2.24) is 65.1 Å². The molecule has 10 heterocycles. The maximum atomic E-state index is 14.5. The number of carbonyl (C=O) groups excluding carboxylic acids is 1. The number of ether oxygens (including phenoxy) is 2. The molecule has 81 heavy (non-hydrogen) atoms. The molecule has 0 aromatic carbocycles. The number of piperidine rings is 1. The van der Waals surface area contributed by atoms with Gasteiger partial charge in [-0.15, -0.1) is 0 Å².